The lowest BCUT2D eigenvalue weighted by Crippen LogP contribution is -2.52. The molecule has 0 bridgehead atoms. The molecule has 0 aliphatic heterocycles. The molecular formula is C13H26N2O. The molecule has 0 heterocycles. The Kier molecular flexibility index (Phi) is 4.36. The van der Waals surface area contributed by atoms with Crippen molar-refractivity contribution in [1.29, 1.82) is 0 Å². The molecule has 0 atom stereocenters. The predicted octanol–water partition coefficient (Wildman–Crippen LogP) is 2.21. The van der Waals surface area contributed by atoms with Crippen LogP contribution in [0.1, 0.15) is 59.8 Å². The summed E-state index contributed by atoms with van der Waals surface area (Å²) >= 11 is 0. The molecule has 3 heteroatoms. The first-order valence-electron chi connectivity index (χ1n) is 6.37. The second kappa shape index (κ2) is 5.17. The molecule has 3 nitrogen and oxygen atoms in total. The van der Waals surface area contributed by atoms with E-state index in [1.165, 1.54) is 19.3 Å². The summed E-state index contributed by atoms with van der Waals surface area (Å²) in [4.78, 5) is 11.8. The van der Waals surface area contributed by atoms with Crippen LogP contribution >= 0.6 is 0 Å². The topological polar surface area (TPSA) is 41.1 Å². The Balaban J connectivity index is 2.33. The van der Waals surface area contributed by atoms with E-state index >= 15 is 0 Å². The monoisotopic (exact) mass is 226 g/mol. The number of amides is 1. The minimum Gasteiger partial charge on any atom is -0.350 e. The maximum absolute atomic E-state index is 11.8. The number of rotatable bonds is 3. The molecule has 1 amide bonds. The van der Waals surface area contributed by atoms with E-state index in [2.05, 4.69) is 38.3 Å². The molecule has 1 aliphatic carbocycles. The second-order valence-corrected chi connectivity index (χ2v) is 6.27. The minimum absolute atomic E-state index is 0.00477. The van der Waals surface area contributed by atoms with Crippen LogP contribution in [0.25, 0.3) is 0 Å². The van der Waals surface area contributed by atoms with Gasteiger partial charge in [0.25, 0.3) is 0 Å². The van der Waals surface area contributed by atoms with Gasteiger partial charge in [0.15, 0.2) is 0 Å². The van der Waals surface area contributed by atoms with Crippen LogP contribution < -0.4 is 10.6 Å². The minimum atomic E-state index is 0.00477. The number of nitrogens with one attached hydrogen (secondary N) is 2. The van der Waals surface area contributed by atoms with E-state index < -0.39 is 0 Å². The Morgan fingerprint density at radius 3 is 2.25 bits per heavy atom. The van der Waals surface area contributed by atoms with Crippen molar-refractivity contribution in [2.75, 3.05) is 6.54 Å². The molecule has 1 fully saturated rings. The highest BCUT2D eigenvalue weighted by Crippen LogP contribution is 2.27. The van der Waals surface area contributed by atoms with Gasteiger partial charge in [-0.15, -0.1) is 0 Å². The third-order valence-corrected chi connectivity index (χ3v) is 3.18. The highest BCUT2D eigenvalue weighted by molar-refractivity contribution is 5.78. The largest absolute Gasteiger partial charge is 0.350 e. The van der Waals surface area contributed by atoms with Crippen LogP contribution in [0.4, 0.5) is 0 Å². The van der Waals surface area contributed by atoms with Gasteiger partial charge in [-0.25, -0.2) is 0 Å². The van der Waals surface area contributed by atoms with Crippen LogP contribution in [-0.4, -0.2) is 23.5 Å². The van der Waals surface area contributed by atoms with Gasteiger partial charge in [0.1, 0.15) is 0 Å². The van der Waals surface area contributed by atoms with Crippen molar-refractivity contribution >= 4 is 5.91 Å². The summed E-state index contributed by atoms with van der Waals surface area (Å²) in [6.45, 7) is 8.80. The molecule has 0 radical (unpaired) electrons. The third kappa shape index (κ3) is 4.97. The number of carbonyl (C=O) groups is 1. The molecule has 0 spiro atoms. The van der Waals surface area contributed by atoms with Gasteiger partial charge in [0.05, 0.1) is 6.54 Å². The van der Waals surface area contributed by atoms with Crippen LogP contribution in [-0.2, 0) is 4.79 Å². The summed E-state index contributed by atoms with van der Waals surface area (Å²) < 4.78 is 0. The van der Waals surface area contributed by atoms with Crippen molar-refractivity contribution in [1.82, 2.24) is 10.6 Å². The molecule has 1 aliphatic rings. The van der Waals surface area contributed by atoms with Gasteiger partial charge in [-0.2, -0.15) is 0 Å². The van der Waals surface area contributed by atoms with Crippen LogP contribution in [0.5, 0.6) is 0 Å². The average Bonchev–Trinajstić information content (AvgIpc) is 2.14. The van der Waals surface area contributed by atoms with E-state index in [4.69, 9.17) is 0 Å². The summed E-state index contributed by atoms with van der Waals surface area (Å²) in [5.74, 6) is 0.124. The molecule has 0 aromatic rings. The van der Waals surface area contributed by atoms with Gasteiger partial charge in [-0.05, 0) is 40.5 Å². The Morgan fingerprint density at radius 2 is 1.75 bits per heavy atom. The normalized spacial score (nSPS) is 20.5. The SMILES string of the molecule is CC(C)(C)NCC(=O)NC1(C)CCCCC1. The molecule has 0 aromatic carbocycles. The van der Waals surface area contributed by atoms with Crippen molar-refractivity contribution in [3.63, 3.8) is 0 Å². The third-order valence-electron chi connectivity index (χ3n) is 3.18. The van der Waals surface area contributed by atoms with E-state index in [1.54, 1.807) is 0 Å². The Hall–Kier alpha value is -0.570. The van der Waals surface area contributed by atoms with Gasteiger partial charge in [0, 0.05) is 11.1 Å². The fourth-order valence-corrected chi connectivity index (χ4v) is 2.18. The van der Waals surface area contributed by atoms with Crippen molar-refractivity contribution in [3.05, 3.63) is 0 Å². The molecule has 1 rings (SSSR count). The van der Waals surface area contributed by atoms with Gasteiger partial charge >= 0.3 is 0 Å². The highest BCUT2D eigenvalue weighted by atomic mass is 16.2. The first-order valence-corrected chi connectivity index (χ1v) is 6.37. The molecule has 94 valence electrons. The van der Waals surface area contributed by atoms with Gasteiger partial charge in [-0.3, -0.25) is 4.79 Å². The zero-order valence-electron chi connectivity index (χ0n) is 11.2. The van der Waals surface area contributed by atoms with E-state index in [0.717, 1.165) is 12.8 Å². The van der Waals surface area contributed by atoms with Crippen LogP contribution in [0.2, 0.25) is 0 Å². The summed E-state index contributed by atoms with van der Waals surface area (Å²) in [5.41, 5.74) is 0.0414. The van der Waals surface area contributed by atoms with Crippen molar-refractivity contribution in [3.8, 4) is 0 Å². The zero-order valence-corrected chi connectivity index (χ0v) is 11.2. The van der Waals surface area contributed by atoms with E-state index in [-0.39, 0.29) is 17.0 Å². The maximum Gasteiger partial charge on any atom is 0.234 e. The van der Waals surface area contributed by atoms with Crippen LogP contribution in [0, 0.1) is 0 Å². The number of carbonyl (C=O) groups excluding carboxylic acids is 1. The Bertz CT molecular complexity index is 237. The highest BCUT2D eigenvalue weighted by Gasteiger charge is 2.28. The molecule has 0 unspecified atom stereocenters. The molecule has 2 N–H and O–H groups in total. The lowest BCUT2D eigenvalue weighted by Gasteiger charge is -2.35. The lowest BCUT2D eigenvalue weighted by molar-refractivity contribution is -0.122. The predicted molar refractivity (Wildman–Crippen MR) is 67.4 cm³/mol. The number of hydrogen-bond donors (Lipinski definition) is 2. The van der Waals surface area contributed by atoms with Crippen molar-refractivity contribution in [2.45, 2.75) is 70.9 Å². The fraction of sp³-hybridized carbons (Fsp3) is 0.923. The molecule has 16 heavy (non-hydrogen) atoms. The molecule has 0 saturated heterocycles. The fourth-order valence-electron chi connectivity index (χ4n) is 2.18. The molecule has 0 aromatic heterocycles. The van der Waals surface area contributed by atoms with Gasteiger partial charge in [-0.1, -0.05) is 19.3 Å². The smallest absolute Gasteiger partial charge is 0.234 e. The van der Waals surface area contributed by atoms with Crippen molar-refractivity contribution < 1.29 is 4.79 Å². The average molecular weight is 226 g/mol. The molecule has 1 saturated carbocycles. The first-order chi connectivity index (χ1) is 7.31. The summed E-state index contributed by atoms with van der Waals surface area (Å²) in [6.07, 6.45) is 6.03. The zero-order chi connectivity index (χ0) is 12.2. The van der Waals surface area contributed by atoms with Gasteiger partial charge < -0.3 is 10.6 Å². The van der Waals surface area contributed by atoms with Crippen molar-refractivity contribution in [2.24, 2.45) is 0 Å². The standard InChI is InChI=1S/C13H26N2O/c1-12(2,3)14-10-11(16)15-13(4)8-6-5-7-9-13/h14H,5-10H2,1-4H3,(H,15,16). The van der Waals surface area contributed by atoms with Crippen LogP contribution in [0.3, 0.4) is 0 Å². The Morgan fingerprint density at radius 1 is 1.19 bits per heavy atom. The molecular weight excluding hydrogens is 200 g/mol. The van der Waals surface area contributed by atoms with E-state index in [0.29, 0.717) is 6.54 Å². The maximum atomic E-state index is 11.8. The van der Waals surface area contributed by atoms with Gasteiger partial charge in [0.2, 0.25) is 5.91 Å². The lowest BCUT2D eigenvalue weighted by atomic mass is 9.83. The van der Waals surface area contributed by atoms with E-state index in [1.807, 2.05) is 0 Å². The Labute approximate surface area is 99.4 Å². The first kappa shape index (κ1) is 13.5. The van der Waals surface area contributed by atoms with Crippen LogP contribution in [0.15, 0.2) is 0 Å². The second-order valence-electron chi connectivity index (χ2n) is 6.27. The van der Waals surface area contributed by atoms with E-state index in [9.17, 15) is 4.79 Å². The summed E-state index contributed by atoms with van der Waals surface area (Å²) in [5, 5.41) is 6.38. The summed E-state index contributed by atoms with van der Waals surface area (Å²) in [6, 6.07) is 0. The summed E-state index contributed by atoms with van der Waals surface area (Å²) in [7, 11) is 0. The quantitative estimate of drug-likeness (QED) is 0.774. The number of hydrogen-bond acceptors (Lipinski definition) is 2.